The van der Waals surface area contributed by atoms with Crippen molar-refractivity contribution in [1.82, 2.24) is 0 Å². The first-order valence-electron chi connectivity index (χ1n) is 50.8. The van der Waals surface area contributed by atoms with Crippen LogP contribution >= 0.6 is 45.3 Å². The molecule has 0 saturated carbocycles. The lowest BCUT2D eigenvalue weighted by Gasteiger charge is -2.35. The van der Waals surface area contributed by atoms with E-state index in [2.05, 4.69) is 186 Å². The van der Waals surface area contributed by atoms with Crippen molar-refractivity contribution in [1.29, 1.82) is 10.5 Å². The lowest BCUT2D eigenvalue weighted by Crippen LogP contribution is -2.30. The summed E-state index contributed by atoms with van der Waals surface area (Å²) in [5.74, 6) is -0.344. The van der Waals surface area contributed by atoms with Crippen LogP contribution in [0.3, 0.4) is 0 Å². The maximum Gasteiger partial charge on any atom is 0.270 e. The third-order valence-electron chi connectivity index (χ3n) is 28.8. The van der Waals surface area contributed by atoms with Gasteiger partial charge in [-0.1, -0.05) is 331 Å². The van der Waals surface area contributed by atoms with Crippen molar-refractivity contribution in [2.24, 2.45) is 0 Å². The van der Waals surface area contributed by atoms with Crippen molar-refractivity contribution in [2.45, 2.75) is 323 Å². The van der Waals surface area contributed by atoms with Gasteiger partial charge in [0, 0.05) is 54.3 Å². The quantitative estimate of drug-likeness (QED) is 0.0165. The van der Waals surface area contributed by atoms with E-state index in [9.17, 15) is 10.5 Å². The van der Waals surface area contributed by atoms with Gasteiger partial charge in [0.15, 0.2) is 11.6 Å². The summed E-state index contributed by atoms with van der Waals surface area (Å²) in [6, 6.07) is 65.4. The normalized spacial score (nSPS) is 15.2. The van der Waals surface area contributed by atoms with Crippen LogP contribution in [0.1, 0.15) is 391 Å². The zero-order valence-corrected chi connectivity index (χ0v) is 83.0. The Morgan fingerprint density at radius 2 is 0.553 bits per heavy atom. The summed E-state index contributed by atoms with van der Waals surface area (Å²) in [6.07, 6.45) is 48.7. The van der Waals surface area contributed by atoms with Crippen molar-refractivity contribution in [2.75, 3.05) is 0 Å². The van der Waals surface area contributed by atoms with Gasteiger partial charge in [0.2, 0.25) is 0 Å². The second-order valence-electron chi connectivity index (χ2n) is 38.4. The maximum atomic E-state index is 15.9. The number of fused-ring (bicyclic) bond motifs is 13. The number of rotatable bonds is 46. The monoisotopic (exact) mass is 1810 g/mol. The van der Waals surface area contributed by atoms with Gasteiger partial charge >= 0.3 is 0 Å². The molecular formula is C122H132N4O2S4. The Hall–Kier alpha value is -10.4. The van der Waals surface area contributed by atoms with Crippen LogP contribution in [0.15, 0.2) is 180 Å². The molecule has 6 nitrogen and oxygen atoms in total. The van der Waals surface area contributed by atoms with Gasteiger partial charge in [-0.25, -0.2) is 20.2 Å². The Labute approximate surface area is 803 Å². The molecule has 676 valence electrons. The first-order chi connectivity index (χ1) is 64.7. The Kier molecular flexibility index (Phi) is 31.7. The number of carbonyl (C=O) groups is 2. The third kappa shape index (κ3) is 19.3. The molecule has 0 fully saturated rings. The molecule has 0 spiro atoms. The molecule has 132 heavy (non-hydrogen) atoms. The Balaban J connectivity index is 1.07. The van der Waals surface area contributed by atoms with Crippen LogP contribution < -0.4 is 0 Å². The first kappa shape index (κ1) is 94.8. The summed E-state index contributed by atoms with van der Waals surface area (Å²) < 4.78 is 2.61. The molecule has 0 aliphatic heterocycles. The number of hydrogen-bond donors (Lipinski definition) is 0. The van der Waals surface area contributed by atoms with Crippen LogP contribution in [0.4, 0.5) is 0 Å². The molecule has 0 atom stereocenters. The van der Waals surface area contributed by atoms with Crippen molar-refractivity contribution in [3.63, 3.8) is 0 Å². The Bertz CT molecular complexity index is 5900. The number of Topliss-reactive ketones (excluding diaryl/α,β-unsaturated/α-hetero) is 2. The molecule has 4 aliphatic carbocycles. The molecule has 4 aliphatic rings. The molecular weight excluding hydrogens is 1680 g/mol. The molecule has 0 N–H and O–H groups in total. The summed E-state index contributed by atoms with van der Waals surface area (Å²) in [6.45, 7) is 35.9. The molecule has 0 bridgehead atoms. The van der Waals surface area contributed by atoms with E-state index in [0.717, 1.165) is 237 Å². The number of aryl methyl sites for hydroxylation is 8. The van der Waals surface area contributed by atoms with Crippen LogP contribution in [0.2, 0.25) is 0 Å². The number of hydrogen-bond acceptors (Lipinski definition) is 8. The fraction of sp³-hybridized carbons (Fsp3) is 0.410. The standard InChI is InChI=1S/C122H132N4O2S4/c1-11-19-27-35-47-81-59-82(48-36-28-20-12-2)64-93(63-81)121(94-65-83(49-37-29-21-13-3)60-84(66-94)50-38-30-22-14-4)105-77-97(75-103-109(107(79-123)125-9)99-71-89-55-43-45-57-91(89)73-101(99)113(103)127)129-115(105)117-111(121)119-120(131-117)112-118(132-119)116-106(78-98(130-116)76-104-110(108(80-124)126-10)100-72-90-56-44-46-58-92(90)74-102(100)114(104)128)122(112,95-67-85(51-39-31-23-15-5)61-86(68-95)52-40-32-24-16-6)96-69-87(53-41-33-25-17-7)62-88(70-96)54-42-34-26-18-8/h43-46,55-78H,11-42,47-54H2,1-8H3/b103-75-,104-76-,109-107-,110-108+. The smallest absolute Gasteiger partial charge is 0.270 e. The zero-order chi connectivity index (χ0) is 91.8. The predicted octanol–water partition coefficient (Wildman–Crippen LogP) is 36.0. The van der Waals surface area contributed by atoms with Gasteiger partial charge in [-0.2, -0.15) is 0 Å². The topological polar surface area (TPSA) is 90.4 Å². The Morgan fingerprint density at radius 3 is 0.780 bits per heavy atom. The number of unbranched alkanes of at least 4 members (excludes halogenated alkanes) is 24. The highest BCUT2D eigenvalue weighted by molar-refractivity contribution is 7.34. The molecule has 0 saturated heterocycles. The van der Waals surface area contributed by atoms with E-state index in [1.807, 2.05) is 83.3 Å². The molecule has 4 aromatic heterocycles. The van der Waals surface area contributed by atoms with Gasteiger partial charge in [-0.05, 0) is 262 Å². The van der Waals surface area contributed by atoms with E-state index in [1.165, 1.54) is 169 Å². The minimum atomic E-state index is -0.922. The van der Waals surface area contributed by atoms with Crippen molar-refractivity contribution in [3.8, 4) is 31.6 Å². The van der Waals surface area contributed by atoms with Crippen LogP contribution in [-0.4, -0.2) is 11.6 Å². The fourth-order valence-electron chi connectivity index (χ4n) is 22.1. The van der Waals surface area contributed by atoms with E-state index in [4.69, 9.17) is 13.1 Å². The molecule has 10 heteroatoms. The van der Waals surface area contributed by atoms with Crippen LogP contribution in [-0.2, 0) is 62.2 Å². The van der Waals surface area contributed by atoms with E-state index in [1.54, 1.807) is 22.7 Å². The van der Waals surface area contributed by atoms with E-state index >= 15 is 9.59 Å². The van der Waals surface area contributed by atoms with Gasteiger partial charge in [0.25, 0.3) is 11.4 Å². The number of allylic oxidation sites excluding steroid dienone is 6. The van der Waals surface area contributed by atoms with E-state index in [-0.39, 0.29) is 23.0 Å². The zero-order valence-electron chi connectivity index (χ0n) is 79.7. The summed E-state index contributed by atoms with van der Waals surface area (Å²) in [5, 5.41) is 26.0. The first-order valence-corrected chi connectivity index (χ1v) is 54.1. The molecule has 16 rings (SSSR count). The van der Waals surface area contributed by atoms with Crippen LogP contribution in [0, 0.1) is 35.8 Å². The Morgan fingerprint density at radius 1 is 0.311 bits per heavy atom. The van der Waals surface area contributed by atoms with Crippen LogP contribution in [0.5, 0.6) is 0 Å². The van der Waals surface area contributed by atoms with Gasteiger partial charge < -0.3 is 0 Å². The van der Waals surface area contributed by atoms with Gasteiger partial charge in [0.1, 0.15) is 0 Å². The van der Waals surface area contributed by atoms with E-state index in [0.29, 0.717) is 44.5 Å². The minimum absolute atomic E-state index is 0.0839. The lowest BCUT2D eigenvalue weighted by molar-refractivity contribution is 0.103. The summed E-state index contributed by atoms with van der Waals surface area (Å²) in [4.78, 5) is 46.4. The van der Waals surface area contributed by atoms with Crippen molar-refractivity contribution < 1.29 is 9.59 Å². The van der Waals surface area contributed by atoms with Gasteiger partial charge in [-0.3, -0.25) is 9.59 Å². The second kappa shape index (κ2) is 44.2. The molecule has 12 aromatic rings. The fourth-order valence-corrected chi connectivity index (χ4v) is 27.9. The van der Waals surface area contributed by atoms with Crippen molar-refractivity contribution >= 4 is 111 Å². The predicted molar refractivity (Wildman–Crippen MR) is 564 cm³/mol. The molecule has 0 unspecified atom stereocenters. The number of carbonyl (C=O) groups excluding carboxylic acids is 2. The summed E-state index contributed by atoms with van der Waals surface area (Å²) in [7, 11) is 0. The largest absolute Gasteiger partial charge is 0.289 e. The highest BCUT2D eigenvalue weighted by atomic mass is 32.1. The highest BCUT2D eigenvalue weighted by Gasteiger charge is 2.56. The summed E-state index contributed by atoms with van der Waals surface area (Å²) in [5.41, 5.74) is 23.2. The highest BCUT2D eigenvalue weighted by Crippen LogP contribution is 2.71. The molecule has 4 heterocycles. The van der Waals surface area contributed by atoms with Gasteiger partial charge in [-0.15, -0.1) is 45.3 Å². The SMILES string of the molecule is [C-]#[N+]/C(C#N)=C1\C(=C\c2cc3c(s2)-c2sc4c5c(sc4c2C3(c2cc(CCCCCC)cc(CCCCCC)c2)c2cc(CCCCCC)cc(CCCCCC)c2)-c2sc(/C=C3\C(=O)c4cc6ccccc6cc4\C3=C(\C#N)[N+]#[C-])cc2C5(c2cc(CCCCCC)cc(CCCCCC)c2)c2cc(CCCCCC)cc(CCCCCC)c2)C(=O)c2cc3ccccc3cc21. The van der Waals surface area contributed by atoms with E-state index < -0.39 is 10.8 Å². The number of thiophene rings is 4. The average Bonchev–Trinajstić information content (AvgIpc) is 1.48. The molecule has 0 radical (unpaired) electrons. The maximum absolute atomic E-state index is 15.9. The average molecular weight is 1810 g/mol. The van der Waals surface area contributed by atoms with Gasteiger partial charge in [0.05, 0.1) is 65.0 Å². The number of benzene rings is 8. The number of nitriles is 2. The minimum Gasteiger partial charge on any atom is -0.289 e. The summed E-state index contributed by atoms with van der Waals surface area (Å²) >= 11 is 7.57. The lowest BCUT2D eigenvalue weighted by atomic mass is 9.65. The van der Waals surface area contributed by atoms with Crippen molar-refractivity contribution in [3.05, 3.63) is 324 Å². The molecule has 0 amide bonds. The third-order valence-corrected chi connectivity index (χ3v) is 33.8. The second-order valence-corrected chi connectivity index (χ2v) is 42.6. The number of nitrogens with zero attached hydrogens (tertiary/aromatic N) is 4. The molecule has 8 aromatic carbocycles. The number of ketones is 2. The van der Waals surface area contributed by atoms with Crippen LogP contribution in [0.25, 0.3) is 83.4 Å².